The van der Waals surface area contributed by atoms with Gasteiger partial charge in [0.2, 0.25) is 9.84 Å². The van der Waals surface area contributed by atoms with E-state index in [1.807, 2.05) is 18.2 Å². The molecule has 2 aromatic carbocycles. The molecule has 110 valence electrons. The molecule has 3 nitrogen and oxygen atoms in total. The van der Waals surface area contributed by atoms with E-state index < -0.39 is 15.9 Å². The van der Waals surface area contributed by atoms with Gasteiger partial charge in [-0.25, -0.2) is 8.42 Å². The van der Waals surface area contributed by atoms with Crippen LogP contribution in [0, 0.1) is 0 Å². The molecule has 1 atom stereocenters. The molecule has 0 fully saturated rings. The van der Waals surface area contributed by atoms with Gasteiger partial charge in [-0.3, -0.25) is 0 Å². The summed E-state index contributed by atoms with van der Waals surface area (Å²) in [5.41, 5.74) is 0.708. The van der Waals surface area contributed by atoms with Crippen LogP contribution >= 0.6 is 0 Å². The number of allylic oxidation sites excluding steroid dienone is 1. The van der Waals surface area contributed by atoms with E-state index in [4.69, 9.17) is 0 Å². The molecule has 0 radical (unpaired) electrons. The van der Waals surface area contributed by atoms with Crippen LogP contribution in [0.4, 0.5) is 0 Å². The normalized spacial score (nSPS) is 13.9. The highest BCUT2D eigenvalue weighted by atomic mass is 32.2. The van der Waals surface area contributed by atoms with Gasteiger partial charge in [-0.15, -0.1) is 0 Å². The summed E-state index contributed by atoms with van der Waals surface area (Å²) in [5, 5.41) is 10.2. The lowest BCUT2D eigenvalue weighted by atomic mass is 10.1. The second-order valence-corrected chi connectivity index (χ2v) is 6.70. The average molecular weight is 302 g/mol. The van der Waals surface area contributed by atoms with E-state index in [0.29, 0.717) is 5.56 Å². The van der Waals surface area contributed by atoms with Crippen molar-refractivity contribution >= 4 is 9.84 Å². The van der Waals surface area contributed by atoms with E-state index in [2.05, 4.69) is 0 Å². The molecular formula is C17H18O3S. The summed E-state index contributed by atoms with van der Waals surface area (Å²) in [6, 6.07) is 17.3. The van der Waals surface area contributed by atoms with Crippen molar-refractivity contribution in [1.29, 1.82) is 0 Å². The molecule has 21 heavy (non-hydrogen) atoms. The summed E-state index contributed by atoms with van der Waals surface area (Å²) < 4.78 is 25.1. The molecule has 0 aliphatic rings. The van der Waals surface area contributed by atoms with Gasteiger partial charge in [-0.2, -0.15) is 0 Å². The molecule has 0 saturated heterocycles. The fourth-order valence-electron chi connectivity index (χ4n) is 2.12. The maximum absolute atomic E-state index is 12.6. The van der Waals surface area contributed by atoms with E-state index in [0.717, 1.165) is 0 Å². The lowest BCUT2D eigenvalue weighted by Gasteiger charge is -2.14. The Kier molecular flexibility index (Phi) is 4.94. The van der Waals surface area contributed by atoms with E-state index in [1.165, 1.54) is 0 Å². The summed E-state index contributed by atoms with van der Waals surface area (Å²) in [6.45, 7) is 1.67. The Morgan fingerprint density at radius 3 is 2.10 bits per heavy atom. The fraction of sp³-hybridized carbons (Fsp3) is 0.176. The molecular weight excluding hydrogens is 284 g/mol. The van der Waals surface area contributed by atoms with E-state index in [-0.39, 0.29) is 16.2 Å². The van der Waals surface area contributed by atoms with Crippen molar-refractivity contribution in [3.05, 3.63) is 77.2 Å². The molecule has 0 amide bonds. The molecule has 2 aromatic rings. The summed E-state index contributed by atoms with van der Waals surface area (Å²) >= 11 is 0. The quantitative estimate of drug-likeness (QED) is 0.920. The van der Waals surface area contributed by atoms with Gasteiger partial charge < -0.3 is 5.11 Å². The Bertz CT molecular complexity index is 704. The fourth-order valence-corrected chi connectivity index (χ4v) is 3.62. The first-order chi connectivity index (χ1) is 10.1. The zero-order chi connectivity index (χ0) is 15.3. The highest BCUT2D eigenvalue weighted by Gasteiger charge is 2.22. The molecule has 0 bridgehead atoms. The van der Waals surface area contributed by atoms with Crippen molar-refractivity contribution in [3.8, 4) is 0 Å². The van der Waals surface area contributed by atoms with Crippen LogP contribution in [0.15, 0.2) is 76.5 Å². The second kappa shape index (κ2) is 6.70. The van der Waals surface area contributed by atoms with Gasteiger partial charge >= 0.3 is 0 Å². The zero-order valence-corrected chi connectivity index (χ0v) is 12.6. The van der Waals surface area contributed by atoms with Crippen LogP contribution in [0.5, 0.6) is 0 Å². The minimum atomic E-state index is -3.55. The Morgan fingerprint density at radius 1 is 1.05 bits per heavy atom. The van der Waals surface area contributed by atoms with Crippen molar-refractivity contribution in [3.63, 3.8) is 0 Å². The number of hydrogen-bond donors (Lipinski definition) is 1. The van der Waals surface area contributed by atoms with Gasteiger partial charge in [-0.05, 0) is 24.6 Å². The Morgan fingerprint density at radius 2 is 1.57 bits per heavy atom. The number of hydrogen-bond acceptors (Lipinski definition) is 3. The van der Waals surface area contributed by atoms with Crippen molar-refractivity contribution in [1.82, 2.24) is 0 Å². The molecule has 4 heteroatoms. The first-order valence-corrected chi connectivity index (χ1v) is 8.22. The number of sulfone groups is 1. The first-order valence-electron chi connectivity index (χ1n) is 6.74. The third-order valence-electron chi connectivity index (χ3n) is 3.30. The van der Waals surface area contributed by atoms with Crippen LogP contribution < -0.4 is 0 Å². The molecule has 0 spiro atoms. The molecule has 0 saturated carbocycles. The van der Waals surface area contributed by atoms with Crippen molar-refractivity contribution < 1.29 is 13.5 Å². The van der Waals surface area contributed by atoms with Crippen molar-refractivity contribution in [2.45, 2.75) is 24.3 Å². The Labute approximate surface area is 125 Å². The predicted molar refractivity (Wildman–Crippen MR) is 83.4 cm³/mol. The number of rotatable bonds is 5. The summed E-state index contributed by atoms with van der Waals surface area (Å²) in [7, 11) is -3.55. The van der Waals surface area contributed by atoms with Crippen LogP contribution in [0.3, 0.4) is 0 Å². The van der Waals surface area contributed by atoms with Gasteiger partial charge in [0.1, 0.15) is 0 Å². The van der Waals surface area contributed by atoms with Gasteiger partial charge in [0.15, 0.2) is 0 Å². The minimum Gasteiger partial charge on any atom is -0.388 e. The lowest BCUT2D eigenvalue weighted by molar-refractivity contribution is 0.180. The highest BCUT2D eigenvalue weighted by molar-refractivity contribution is 7.95. The highest BCUT2D eigenvalue weighted by Crippen LogP contribution is 2.28. The maximum Gasteiger partial charge on any atom is 0.202 e. The van der Waals surface area contributed by atoms with Crippen LogP contribution in [0.25, 0.3) is 0 Å². The van der Waals surface area contributed by atoms with E-state index in [1.54, 1.807) is 55.5 Å². The molecule has 0 aliphatic carbocycles. The Balaban J connectivity index is 2.26. The molecule has 1 N–H and O–H groups in total. The van der Waals surface area contributed by atoms with Crippen LogP contribution in [-0.2, 0) is 9.84 Å². The average Bonchev–Trinajstić information content (AvgIpc) is 2.53. The molecule has 2 rings (SSSR count). The van der Waals surface area contributed by atoms with Crippen molar-refractivity contribution in [2.75, 3.05) is 0 Å². The van der Waals surface area contributed by atoms with E-state index in [9.17, 15) is 13.5 Å². The van der Waals surface area contributed by atoms with Gasteiger partial charge in [-0.1, -0.05) is 54.6 Å². The van der Waals surface area contributed by atoms with Crippen molar-refractivity contribution in [2.24, 2.45) is 0 Å². The van der Waals surface area contributed by atoms with Crippen LogP contribution in [-0.4, -0.2) is 13.5 Å². The largest absolute Gasteiger partial charge is 0.388 e. The number of benzene rings is 2. The Hall–Kier alpha value is -1.91. The zero-order valence-electron chi connectivity index (χ0n) is 11.8. The summed E-state index contributed by atoms with van der Waals surface area (Å²) in [4.78, 5) is 0.475. The smallest absolute Gasteiger partial charge is 0.202 e. The number of aliphatic hydroxyl groups is 1. The summed E-state index contributed by atoms with van der Waals surface area (Å²) in [5.74, 6) is 0. The van der Waals surface area contributed by atoms with Gasteiger partial charge in [0.05, 0.1) is 11.0 Å². The van der Waals surface area contributed by atoms with Crippen LogP contribution in [0.2, 0.25) is 0 Å². The third-order valence-corrected chi connectivity index (χ3v) is 5.29. The standard InChI is InChI=1S/C17H18O3S/c1-2-15(13-17(18)14-9-5-3-6-10-14)21(19,20)16-11-7-4-8-12-16/h2-12,17-18H,13H2,1H3/b15-2+. The number of aliphatic hydroxyl groups excluding tert-OH is 1. The maximum atomic E-state index is 12.6. The topological polar surface area (TPSA) is 54.4 Å². The molecule has 0 aromatic heterocycles. The molecule has 1 unspecified atom stereocenters. The SMILES string of the molecule is C/C=C(\CC(O)c1ccccc1)S(=O)(=O)c1ccccc1. The predicted octanol–water partition coefficient (Wildman–Crippen LogP) is 3.49. The van der Waals surface area contributed by atoms with Crippen LogP contribution in [0.1, 0.15) is 25.0 Å². The third kappa shape index (κ3) is 3.60. The monoisotopic (exact) mass is 302 g/mol. The molecule has 0 heterocycles. The first kappa shape index (κ1) is 15.5. The van der Waals surface area contributed by atoms with Gasteiger partial charge in [0, 0.05) is 11.3 Å². The summed E-state index contributed by atoms with van der Waals surface area (Å²) in [6.07, 6.45) is 0.780. The molecule has 0 aliphatic heterocycles. The lowest BCUT2D eigenvalue weighted by Crippen LogP contribution is -2.09. The second-order valence-electron chi connectivity index (χ2n) is 4.70. The minimum absolute atomic E-state index is 0.0672. The van der Waals surface area contributed by atoms with E-state index >= 15 is 0 Å². The van der Waals surface area contributed by atoms with Gasteiger partial charge in [0.25, 0.3) is 0 Å².